The highest BCUT2D eigenvalue weighted by molar-refractivity contribution is 6.40. The minimum absolute atomic E-state index is 0.140. The summed E-state index contributed by atoms with van der Waals surface area (Å²) < 4.78 is 0. The van der Waals surface area contributed by atoms with Gasteiger partial charge in [-0.1, -0.05) is 12.8 Å². The van der Waals surface area contributed by atoms with Crippen molar-refractivity contribution in [2.75, 3.05) is 32.7 Å². The predicted molar refractivity (Wildman–Crippen MR) is 98.5 cm³/mol. The molecule has 1 aliphatic heterocycles. The maximum absolute atomic E-state index is 12.5. The van der Waals surface area contributed by atoms with E-state index in [0.717, 1.165) is 71.2 Å². The zero-order valence-electron chi connectivity index (χ0n) is 15.5. The molecule has 0 saturated carbocycles. The number of carbonyl (C=O) groups excluding carboxylic acids is 1. The first-order valence-electron chi connectivity index (χ1n) is 9.60. The number of nitrogens with zero attached hydrogens (tertiary/aromatic N) is 2. The number of nitrogens with two attached hydrogens (primary N) is 1. The van der Waals surface area contributed by atoms with Crippen LogP contribution >= 0.6 is 0 Å². The van der Waals surface area contributed by atoms with Gasteiger partial charge in [-0.05, 0) is 58.9 Å². The van der Waals surface area contributed by atoms with Crippen molar-refractivity contribution in [3.63, 3.8) is 0 Å². The molecule has 140 valence electrons. The number of rotatable bonds is 11. The highest BCUT2D eigenvalue weighted by Gasteiger charge is 2.28. The topological polar surface area (TPSA) is 90.0 Å². The van der Waals surface area contributed by atoms with Crippen molar-refractivity contribution in [2.45, 2.75) is 64.7 Å². The molecule has 7 heteroatoms. The summed E-state index contributed by atoms with van der Waals surface area (Å²) in [5.74, 6) is 0.442. The number of hydrogen-bond acceptors (Lipinski definition) is 5. The van der Waals surface area contributed by atoms with Crippen LogP contribution in [0.2, 0.25) is 6.32 Å². The molecular formula is C17H36BN3O3. The van der Waals surface area contributed by atoms with Crippen LogP contribution in [0, 0.1) is 5.92 Å². The van der Waals surface area contributed by atoms with Gasteiger partial charge in [0.2, 0.25) is 5.91 Å². The second-order valence-electron chi connectivity index (χ2n) is 6.96. The van der Waals surface area contributed by atoms with Crippen LogP contribution in [0.3, 0.4) is 0 Å². The Bertz CT molecular complexity index is 354. The molecule has 1 aliphatic rings. The second kappa shape index (κ2) is 11.8. The van der Waals surface area contributed by atoms with Crippen molar-refractivity contribution < 1.29 is 14.8 Å². The van der Waals surface area contributed by atoms with Crippen LogP contribution in [-0.2, 0) is 4.79 Å². The minimum Gasteiger partial charge on any atom is -0.427 e. The lowest BCUT2D eigenvalue weighted by molar-refractivity contribution is -0.137. The first-order valence-corrected chi connectivity index (χ1v) is 9.60. The standard InChI is InChI=1S/C17H36BN3O3/c1-3-21(4-2)17(22)15-8-7-12-20(14-15)13-10-16(19)9-5-6-11-18(23)24/h15-16,23-24H,3-14,19H2,1-2H3. The molecule has 4 N–H and O–H groups in total. The third kappa shape index (κ3) is 7.97. The SMILES string of the molecule is CCN(CC)C(=O)C1CCCN(CCC(N)CCCCB(O)O)C1. The summed E-state index contributed by atoms with van der Waals surface area (Å²) in [7, 11) is -1.20. The quantitative estimate of drug-likeness (QED) is 0.384. The zero-order chi connectivity index (χ0) is 17.9. The van der Waals surface area contributed by atoms with Gasteiger partial charge >= 0.3 is 7.12 Å². The molecule has 2 unspecified atom stereocenters. The first-order chi connectivity index (χ1) is 11.5. The van der Waals surface area contributed by atoms with Crippen LogP contribution in [0.1, 0.15) is 52.4 Å². The zero-order valence-corrected chi connectivity index (χ0v) is 15.5. The highest BCUT2D eigenvalue weighted by Crippen LogP contribution is 2.19. The van der Waals surface area contributed by atoms with E-state index in [2.05, 4.69) is 4.90 Å². The molecule has 0 aromatic heterocycles. The predicted octanol–water partition coefficient (Wildman–Crippen LogP) is 0.927. The molecule has 1 fully saturated rings. The number of piperidine rings is 1. The van der Waals surface area contributed by atoms with E-state index in [1.54, 1.807) is 0 Å². The van der Waals surface area contributed by atoms with Crippen LogP contribution in [0.25, 0.3) is 0 Å². The summed E-state index contributed by atoms with van der Waals surface area (Å²) in [4.78, 5) is 16.8. The van der Waals surface area contributed by atoms with Crippen LogP contribution in [-0.4, -0.2) is 71.6 Å². The summed E-state index contributed by atoms with van der Waals surface area (Å²) in [5, 5.41) is 17.6. The van der Waals surface area contributed by atoms with E-state index in [1.165, 1.54) is 0 Å². The van der Waals surface area contributed by atoms with Gasteiger partial charge in [0.05, 0.1) is 5.92 Å². The van der Waals surface area contributed by atoms with Gasteiger partial charge in [-0.25, -0.2) is 0 Å². The Balaban J connectivity index is 2.26. The number of amides is 1. The molecule has 0 spiro atoms. The van der Waals surface area contributed by atoms with Crippen molar-refractivity contribution >= 4 is 13.0 Å². The smallest absolute Gasteiger partial charge is 0.427 e. The lowest BCUT2D eigenvalue weighted by atomic mass is 9.83. The van der Waals surface area contributed by atoms with Crippen molar-refractivity contribution in [1.29, 1.82) is 0 Å². The van der Waals surface area contributed by atoms with Gasteiger partial charge in [-0.2, -0.15) is 0 Å². The van der Waals surface area contributed by atoms with Gasteiger partial charge in [0.25, 0.3) is 0 Å². The molecule has 6 nitrogen and oxygen atoms in total. The molecule has 24 heavy (non-hydrogen) atoms. The molecule has 0 radical (unpaired) electrons. The first kappa shape index (κ1) is 21.4. The summed E-state index contributed by atoms with van der Waals surface area (Å²) in [5.41, 5.74) is 6.17. The molecule has 0 aromatic rings. The number of likely N-dealkylation sites (tertiary alicyclic amines) is 1. The average Bonchev–Trinajstić information content (AvgIpc) is 2.58. The molecule has 2 atom stereocenters. The fourth-order valence-electron chi connectivity index (χ4n) is 3.48. The fourth-order valence-corrected chi connectivity index (χ4v) is 3.48. The van der Waals surface area contributed by atoms with Gasteiger partial charge in [0.1, 0.15) is 0 Å². The fraction of sp³-hybridized carbons (Fsp3) is 0.941. The monoisotopic (exact) mass is 341 g/mol. The van der Waals surface area contributed by atoms with E-state index in [1.807, 2.05) is 18.7 Å². The third-order valence-electron chi connectivity index (χ3n) is 5.03. The van der Waals surface area contributed by atoms with Crippen LogP contribution in [0.5, 0.6) is 0 Å². The Morgan fingerprint density at radius 2 is 2.00 bits per heavy atom. The van der Waals surface area contributed by atoms with E-state index in [9.17, 15) is 4.79 Å². The number of hydrogen-bond donors (Lipinski definition) is 3. The number of unbranched alkanes of at least 4 members (excludes halogenated alkanes) is 1. The van der Waals surface area contributed by atoms with E-state index in [-0.39, 0.29) is 12.0 Å². The maximum Gasteiger partial charge on any atom is 0.451 e. The molecule has 1 amide bonds. The third-order valence-corrected chi connectivity index (χ3v) is 5.03. The van der Waals surface area contributed by atoms with E-state index >= 15 is 0 Å². The number of carbonyl (C=O) groups is 1. The van der Waals surface area contributed by atoms with Crippen molar-refractivity contribution in [3.8, 4) is 0 Å². The molecule has 1 heterocycles. The maximum atomic E-state index is 12.5. The summed E-state index contributed by atoms with van der Waals surface area (Å²) >= 11 is 0. The summed E-state index contributed by atoms with van der Waals surface area (Å²) in [6.45, 7) is 8.53. The Kier molecular flexibility index (Phi) is 10.6. The van der Waals surface area contributed by atoms with E-state index in [0.29, 0.717) is 12.2 Å². The van der Waals surface area contributed by atoms with Crippen LogP contribution in [0.15, 0.2) is 0 Å². The second-order valence-corrected chi connectivity index (χ2v) is 6.96. The van der Waals surface area contributed by atoms with Gasteiger partial charge in [-0.3, -0.25) is 4.79 Å². The molecule has 0 bridgehead atoms. The van der Waals surface area contributed by atoms with Crippen molar-refractivity contribution in [3.05, 3.63) is 0 Å². The average molecular weight is 341 g/mol. The highest BCUT2D eigenvalue weighted by atomic mass is 16.4. The van der Waals surface area contributed by atoms with Gasteiger partial charge in [0, 0.05) is 25.7 Å². The minimum atomic E-state index is -1.20. The normalized spacial score (nSPS) is 20.0. The Hall–Kier alpha value is -0.625. The molecule has 0 aliphatic carbocycles. The lowest BCUT2D eigenvalue weighted by Gasteiger charge is -2.35. The van der Waals surface area contributed by atoms with Crippen LogP contribution < -0.4 is 5.73 Å². The van der Waals surface area contributed by atoms with Crippen molar-refractivity contribution in [1.82, 2.24) is 9.80 Å². The van der Waals surface area contributed by atoms with E-state index < -0.39 is 7.12 Å². The van der Waals surface area contributed by atoms with Crippen molar-refractivity contribution in [2.24, 2.45) is 11.7 Å². The summed E-state index contributed by atoms with van der Waals surface area (Å²) in [6, 6.07) is 0.152. The molecule has 1 rings (SSSR count). The van der Waals surface area contributed by atoms with Gasteiger partial charge in [-0.15, -0.1) is 0 Å². The van der Waals surface area contributed by atoms with E-state index in [4.69, 9.17) is 15.8 Å². The Morgan fingerprint density at radius 1 is 1.29 bits per heavy atom. The molecule has 0 aromatic carbocycles. The Labute approximate surface area is 147 Å². The summed E-state index contributed by atoms with van der Waals surface area (Å²) in [6.07, 6.45) is 6.10. The largest absolute Gasteiger partial charge is 0.451 e. The lowest BCUT2D eigenvalue weighted by Crippen LogP contribution is -2.45. The molecular weight excluding hydrogens is 305 g/mol. The van der Waals surface area contributed by atoms with Gasteiger partial charge < -0.3 is 25.6 Å². The van der Waals surface area contributed by atoms with Crippen LogP contribution in [0.4, 0.5) is 0 Å². The molecule has 1 saturated heterocycles. The van der Waals surface area contributed by atoms with Gasteiger partial charge in [0.15, 0.2) is 0 Å². The Morgan fingerprint density at radius 3 is 2.62 bits per heavy atom.